The van der Waals surface area contributed by atoms with Crippen LogP contribution in [-0.4, -0.2) is 41.2 Å². The monoisotopic (exact) mass is 515 g/mol. The van der Waals surface area contributed by atoms with Gasteiger partial charge in [-0.25, -0.2) is 14.8 Å². The van der Waals surface area contributed by atoms with E-state index in [9.17, 15) is 9.59 Å². The third-order valence-corrected chi connectivity index (χ3v) is 6.61. The number of alkyl carbamates (subject to hydrolysis) is 1. The normalized spacial score (nSPS) is 17.9. The zero-order valence-electron chi connectivity index (χ0n) is 20.2. The summed E-state index contributed by atoms with van der Waals surface area (Å²) in [7, 11) is 0. The summed E-state index contributed by atoms with van der Waals surface area (Å²) in [6.07, 6.45) is 0.960. The molecule has 0 saturated heterocycles. The largest absolute Gasteiger partial charge is 0.444 e. The summed E-state index contributed by atoms with van der Waals surface area (Å²) < 4.78 is 6.53. The number of nitrogens with one attached hydrogen (secondary N) is 1. The number of halogens is 1. The molecule has 1 aliphatic rings. The topological polar surface area (TPSA) is 61.9 Å². The average molecular weight is 516 g/mol. The lowest BCUT2D eigenvalue weighted by Gasteiger charge is -2.44. The van der Waals surface area contributed by atoms with E-state index in [2.05, 4.69) is 27.3 Å². The number of hydrogen-bond acceptors (Lipinski definition) is 4. The number of para-hydroxylation sites is 1. The van der Waals surface area contributed by atoms with Crippen LogP contribution in [-0.2, 0) is 22.4 Å². The molecule has 0 spiro atoms. The van der Waals surface area contributed by atoms with Gasteiger partial charge in [-0.3, -0.25) is 4.79 Å². The van der Waals surface area contributed by atoms with E-state index in [0.29, 0.717) is 32.4 Å². The van der Waals surface area contributed by atoms with Crippen LogP contribution in [0.3, 0.4) is 0 Å². The molecule has 0 heterocycles. The second-order valence-corrected chi connectivity index (χ2v) is 10.2. The Balaban J connectivity index is 2.08. The van der Waals surface area contributed by atoms with Gasteiger partial charge in [0.05, 0.1) is 5.69 Å². The molecule has 2 amide bonds. The van der Waals surface area contributed by atoms with Crippen molar-refractivity contribution in [2.75, 3.05) is 18.1 Å². The Kier molecular flexibility index (Phi) is 7.85. The van der Waals surface area contributed by atoms with Crippen molar-refractivity contribution in [3.05, 3.63) is 64.1 Å². The summed E-state index contributed by atoms with van der Waals surface area (Å²) in [5.41, 5.74) is 1.19. The number of carbonyl (C=O) groups excluding carboxylic acids is 2. The molecule has 0 saturated carbocycles. The van der Waals surface area contributed by atoms with Gasteiger partial charge in [-0.05, 0) is 62.9 Å². The van der Waals surface area contributed by atoms with Crippen molar-refractivity contribution >= 4 is 33.6 Å². The molecule has 0 aliphatic heterocycles. The maximum atomic E-state index is 14.4. The first-order chi connectivity index (χ1) is 15.6. The van der Waals surface area contributed by atoms with Crippen molar-refractivity contribution in [1.29, 1.82) is 0 Å². The molecule has 0 fully saturated rings. The Morgan fingerprint density at radius 3 is 2.33 bits per heavy atom. The zero-order valence-corrected chi connectivity index (χ0v) is 21.7. The number of hydrazine groups is 1. The smallest absolute Gasteiger partial charge is 0.408 e. The number of amides is 2. The third kappa shape index (κ3) is 5.76. The Morgan fingerprint density at radius 2 is 1.73 bits per heavy atom. The number of benzene rings is 2. The summed E-state index contributed by atoms with van der Waals surface area (Å²) in [5, 5.41) is 6.72. The fourth-order valence-corrected chi connectivity index (χ4v) is 4.85. The quantitative estimate of drug-likeness (QED) is 0.516. The molecule has 0 bridgehead atoms. The maximum Gasteiger partial charge on any atom is 0.408 e. The summed E-state index contributed by atoms with van der Waals surface area (Å²) in [4.78, 5) is 27.4. The number of ether oxygens (including phenoxy) is 1. The summed E-state index contributed by atoms with van der Waals surface area (Å²) in [5.74, 6) is -0.162. The molecule has 2 aromatic carbocycles. The lowest BCUT2D eigenvalue weighted by atomic mass is 9.77. The Bertz CT molecular complexity index is 986. The lowest BCUT2D eigenvalue weighted by Crippen LogP contribution is -2.65. The standard InChI is InChI=1S/C26H34BrN3O3/c1-6-29(7-2)30(20-13-9-8-10-14-20)23(31)26(28-24(32)33-25(3,4)5)17-16-19-12-11-15-22(27)21(19)18-26/h8-15H,6-7,16-18H2,1-5H3,(H,28,32). The molecular weight excluding hydrogens is 482 g/mol. The molecule has 2 aromatic rings. The van der Waals surface area contributed by atoms with Crippen LogP contribution < -0.4 is 10.3 Å². The number of fused-ring (bicyclic) bond motifs is 1. The fourth-order valence-electron chi connectivity index (χ4n) is 4.30. The van der Waals surface area contributed by atoms with Gasteiger partial charge in [-0.1, -0.05) is 60.1 Å². The average Bonchev–Trinajstić information content (AvgIpc) is 2.77. The highest BCUT2D eigenvalue weighted by Gasteiger charge is 2.47. The van der Waals surface area contributed by atoms with Crippen LogP contribution in [0.15, 0.2) is 53.0 Å². The van der Waals surface area contributed by atoms with E-state index in [1.165, 1.54) is 5.56 Å². The first kappa shape index (κ1) is 25.2. The van der Waals surface area contributed by atoms with Gasteiger partial charge < -0.3 is 10.1 Å². The third-order valence-electron chi connectivity index (χ3n) is 5.87. The van der Waals surface area contributed by atoms with E-state index in [4.69, 9.17) is 4.74 Å². The van der Waals surface area contributed by atoms with Crippen LogP contribution in [0.25, 0.3) is 0 Å². The van der Waals surface area contributed by atoms with E-state index >= 15 is 0 Å². The lowest BCUT2D eigenvalue weighted by molar-refractivity contribution is -0.128. The van der Waals surface area contributed by atoms with E-state index in [-0.39, 0.29) is 5.91 Å². The second-order valence-electron chi connectivity index (χ2n) is 9.35. The predicted octanol–water partition coefficient (Wildman–Crippen LogP) is 5.49. The van der Waals surface area contributed by atoms with E-state index in [1.54, 1.807) is 5.01 Å². The van der Waals surface area contributed by atoms with Gasteiger partial charge in [0.25, 0.3) is 5.91 Å². The minimum Gasteiger partial charge on any atom is -0.444 e. The minimum atomic E-state index is -1.14. The second kappa shape index (κ2) is 10.3. The van der Waals surface area contributed by atoms with E-state index in [0.717, 1.165) is 15.7 Å². The molecule has 7 heteroatoms. The summed E-state index contributed by atoms with van der Waals surface area (Å²) in [6, 6.07) is 15.7. The van der Waals surface area contributed by atoms with Crippen molar-refractivity contribution < 1.29 is 14.3 Å². The number of rotatable bonds is 6. The molecule has 0 aromatic heterocycles. The van der Waals surface area contributed by atoms with E-state index in [1.807, 2.05) is 82.1 Å². The van der Waals surface area contributed by atoms with Gasteiger partial charge in [0.15, 0.2) is 0 Å². The predicted molar refractivity (Wildman–Crippen MR) is 135 cm³/mol. The Hall–Kier alpha value is -2.38. The van der Waals surface area contributed by atoms with Crippen LogP contribution in [0.4, 0.5) is 10.5 Å². The highest BCUT2D eigenvalue weighted by molar-refractivity contribution is 9.10. The molecule has 1 unspecified atom stereocenters. The zero-order chi connectivity index (χ0) is 24.2. The highest BCUT2D eigenvalue weighted by Crippen LogP contribution is 2.36. The van der Waals surface area contributed by atoms with Crippen molar-refractivity contribution in [2.24, 2.45) is 0 Å². The number of nitrogens with zero attached hydrogens (tertiary/aromatic N) is 2. The molecule has 1 aliphatic carbocycles. The number of hydrogen-bond donors (Lipinski definition) is 1. The van der Waals surface area contributed by atoms with E-state index < -0.39 is 17.2 Å². The molecule has 1 N–H and O–H groups in total. The molecule has 6 nitrogen and oxygen atoms in total. The number of anilines is 1. The Morgan fingerprint density at radius 1 is 1.06 bits per heavy atom. The van der Waals surface area contributed by atoms with Crippen molar-refractivity contribution in [3.8, 4) is 0 Å². The molecule has 0 radical (unpaired) electrons. The van der Waals surface area contributed by atoms with Gasteiger partial charge in [0.1, 0.15) is 11.1 Å². The molecule has 178 valence electrons. The molecule has 1 atom stereocenters. The summed E-state index contributed by atoms with van der Waals surface area (Å²) >= 11 is 3.66. The van der Waals surface area contributed by atoms with Gasteiger partial charge in [0.2, 0.25) is 0 Å². The van der Waals surface area contributed by atoms with Gasteiger partial charge in [-0.15, -0.1) is 0 Å². The SMILES string of the molecule is CCN(CC)N(C(=O)C1(NC(=O)OC(C)(C)C)CCc2cccc(Br)c2C1)c1ccccc1. The van der Waals surface area contributed by atoms with Gasteiger partial charge in [0, 0.05) is 24.0 Å². The molecule has 33 heavy (non-hydrogen) atoms. The van der Waals surface area contributed by atoms with Crippen LogP contribution in [0, 0.1) is 0 Å². The fraction of sp³-hybridized carbons (Fsp3) is 0.462. The first-order valence-corrected chi connectivity index (χ1v) is 12.3. The van der Waals surface area contributed by atoms with Crippen molar-refractivity contribution in [3.63, 3.8) is 0 Å². The van der Waals surface area contributed by atoms with Crippen molar-refractivity contribution in [2.45, 2.75) is 65.0 Å². The maximum absolute atomic E-state index is 14.4. The Labute approximate surface area is 205 Å². The van der Waals surface area contributed by atoms with Crippen LogP contribution in [0.2, 0.25) is 0 Å². The highest BCUT2D eigenvalue weighted by atomic mass is 79.9. The minimum absolute atomic E-state index is 0.162. The number of aryl methyl sites for hydroxylation is 1. The van der Waals surface area contributed by atoms with Gasteiger partial charge >= 0.3 is 6.09 Å². The first-order valence-electron chi connectivity index (χ1n) is 11.5. The summed E-state index contributed by atoms with van der Waals surface area (Å²) in [6.45, 7) is 10.8. The number of carbonyl (C=O) groups is 2. The van der Waals surface area contributed by atoms with Crippen LogP contribution >= 0.6 is 15.9 Å². The van der Waals surface area contributed by atoms with Crippen LogP contribution in [0.5, 0.6) is 0 Å². The van der Waals surface area contributed by atoms with Gasteiger partial charge in [-0.2, -0.15) is 0 Å². The van der Waals surface area contributed by atoms with Crippen LogP contribution in [0.1, 0.15) is 52.2 Å². The molecular formula is C26H34BrN3O3. The molecule has 3 rings (SSSR count). The van der Waals surface area contributed by atoms with Crippen molar-refractivity contribution in [1.82, 2.24) is 10.3 Å².